The Bertz CT molecular complexity index is 712. The van der Waals surface area contributed by atoms with Crippen LogP contribution in [0.4, 0.5) is 0 Å². The first-order valence-electron chi connectivity index (χ1n) is 7.30. The van der Waals surface area contributed by atoms with Crippen molar-refractivity contribution in [3.8, 4) is 0 Å². The predicted octanol–water partition coefficient (Wildman–Crippen LogP) is 2.21. The molecule has 0 amide bonds. The van der Waals surface area contributed by atoms with Crippen molar-refractivity contribution < 1.29 is 4.74 Å². The summed E-state index contributed by atoms with van der Waals surface area (Å²) in [6, 6.07) is 0. The highest BCUT2D eigenvalue weighted by atomic mass is 32.1. The second-order valence-corrected chi connectivity index (χ2v) is 7.13. The molecular weight excluding hydrogens is 286 g/mol. The minimum atomic E-state index is -0.0220. The molecule has 1 fully saturated rings. The van der Waals surface area contributed by atoms with E-state index in [-0.39, 0.29) is 17.8 Å². The number of hydrogen-bond donors (Lipinski definition) is 1. The third-order valence-corrected chi connectivity index (χ3v) is 5.06. The zero-order chi connectivity index (χ0) is 15.1. The third-order valence-electron chi connectivity index (χ3n) is 3.96. The number of hydrogen-bond acceptors (Lipinski definition) is 5. The van der Waals surface area contributed by atoms with Crippen LogP contribution in [0.2, 0.25) is 0 Å². The largest absolute Gasteiger partial charge is 0.373 e. The molecule has 0 saturated carbocycles. The van der Waals surface area contributed by atoms with Crippen molar-refractivity contribution in [2.45, 2.75) is 46.4 Å². The van der Waals surface area contributed by atoms with Gasteiger partial charge in [0.05, 0.1) is 24.1 Å². The third kappa shape index (κ3) is 2.88. The van der Waals surface area contributed by atoms with Crippen LogP contribution in [0, 0.1) is 13.8 Å². The van der Waals surface area contributed by atoms with Crippen molar-refractivity contribution in [1.82, 2.24) is 14.9 Å². The second-order valence-electron chi connectivity index (χ2n) is 5.93. The normalized spacial score (nSPS) is 23.8. The summed E-state index contributed by atoms with van der Waals surface area (Å²) in [5.74, 6) is 0.745. The van der Waals surface area contributed by atoms with Gasteiger partial charge in [-0.2, -0.15) is 0 Å². The average Bonchev–Trinajstić information content (AvgIpc) is 2.63. The number of nitrogens with one attached hydrogen (secondary N) is 1. The molecule has 2 aromatic rings. The summed E-state index contributed by atoms with van der Waals surface area (Å²) in [5, 5.41) is 0.741. The number of fused-ring (bicyclic) bond motifs is 1. The second kappa shape index (κ2) is 5.51. The molecule has 1 N–H and O–H groups in total. The van der Waals surface area contributed by atoms with E-state index in [2.05, 4.69) is 28.7 Å². The van der Waals surface area contributed by atoms with Gasteiger partial charge in [-0.05, 0) is 33.3 Å². The number of H-pyrrole nitrogens is 1. The van der Waals surface area contributed by atoms with Crippen LogP contribution in [0.1, 0.15) is 30.1 Å². The Kier molecular flexibility index (Phi) is 3.86. The predicted molar refractivity (Wildman–Crippen MR) is 85.0 cm³/mol. The van der Waals surface area contributed by atoms with E-state index >= 15 is 0 Å². The van der Waals surface area contributed by atoms with Gasteiger partial charge in [0.25, 0.3) is 5.56 Å². The lowest BCUT2D eigenvalue weighted by molar-refractivity contribution is -0.0710. The lowest BCUT2D eigenvalue weighted by Crippen LogP contribution is -2.45. The standard InChI is InChI=1S/C15H21N3O2S/c1-8-5-18(6-9(2)20-8)7-12-16-14(19)13-10(3)11(4)21-15(13)17-12/h8-9H,5-7H2,1-4H3,(H,16,17,19)/t8-,9-/m1/s1. The maximum atomic E-state index is 12.3. The van der Waals surface area contributed by atoms with E-state index in [1.807, 2.05) is 13.8 Å². The Hall–Kier alpha value is -1.24. The number of rotatable bonds is 2. The number of aryl methyl sites for hydroxylation is 2. The van der Waals surface area contributed by atoms with Crippen LogP contribution in [0.3, 0.4) is 0 Å². The van der Waals surface area contributed by atoms with Gasteiger partial charge < -0.3 is 9.72 Å². The van der Waals surface area contributed by atoms with Crippen LogP contribution < -0.4 is 5.56 Å². The molecular formula is C15H21N3O2S. The Labute approximate surface area is 128 Å². The number of aromatic amines is 1. The van der Waals surface area contributed by atoms with Gasteiger partial charge in [0.15, 0.2) is 0 Å². The molecule has 5 nitrogen and oxygen atoms in total. The summed E-state index contributed by atoms with van der Waals surface area (Å²) >= 11 is 1.60. The van der Waals surface area contributed by atoms with Crippen molar-refractivity contribution in [3.05, 3.63) is 26.6 Å². The molecule has 0 radical (unpaired) electrons. The fourth-order valence-corrected chi connectivity index (χ4v) is 4.05. The molecule has 2 aromatic heterocycles. The average molecular weight is 307 g/mol. The summed E-state index contributed by atoms with van der Waals surface area (Å²) in [6.07, 6.45) is 0.436. The molecule has 0 bridgehead atoms. The lowest BCUT2D eigenvalue weighted by atomic mass is 10.2. The van der Waals surface area contributed by atoms with Gasteiger partial charge in [-0.15, -0.1) is 11.3 Å². The minimum Gasteiger partial charge on any atom is -0.373 e. The van der Waals surface area contributed by atoms with Crippen molar-refractivity contribution in [1.29, 1.82) is 0 Å². The number of thiophene rings is 1. The molecule has 0 aromatic carbocycles. The number of aromatic nitrogens is 2. The Morgan fingerprint density at radius 3 is 2.67 bits per heavy atom. The van der Waals surface area contributed by atoms with Crippen molar-refractivity contribution in [2.75, 3.05) is 13.1 Å². The SMILES string of the molecule is Cc1sc2nc(CN3C[C@@H](C)O[C@H](C)C3)[nH]c(=O)c2c1C. The molecule has 2 atom stereocenters. The number of morpholine rings is 1. The first kappa shape index (κ1) is 14.7. The Morgan fingerprint density at radius 1 is 1.33 bits per heavy atom. The topological polar surface area (TPSA) is 58.2 Å². The fraction of sp³-hybridized carbons (Fsp3) is 0.600. The van der Waals surface area contributed by atoms with E-state index in [9.17, 15) is 4.79 Å². The molecule has 0 spiro atoms. The molecule has 0 unspecified atom stereocenters. The first-order chi connectivity index (χ1) is 9.94. The smallest absolute Gasteiger partial charge is 0.259 e. The van der Waals surface area contributed by atoms with Gasteiger partial charge in [-0.1, -0.05) is 0 Å². The van der Waals surface area contributed by atoms with Crippen LogP contribution in [-0.4, -0.2) is 40.2 Å². The van der Waals surface area contributed by atoms with E-state index in [0.717, 1.165) is 39.6 Å². The van der Waals surface area contributed by atoms with Crippen LogP contribution in [0.25, 0.3) is 10.2 Å². The minimum absolute atomic E-state index is 0.0220. The van der Waals surface area contributed by atoms with E-state index in [1.165, 1.54) is 0 Å². The number of nitrogens with zero attached hydrogens (tertiary/aromatic N) is 2. The molecule has 1 aliphatic heterocycles. The summed E-state index contributed by atoms with van der Waals surface area (Å²) in [4.78, 5) is 24.1. The quantitative estimate of drug-likeness (QED) is 0.924. The molecule has 1 saturated heterocycles. The maximum Gasteiger partial charge on any atom is 0.259 e. The summed E-state index contributed by atoms with van der Waals surface area (Å²) in [5.41, 5.74) is 1.02. The highest BCUT2D eigenvalue weighted by Crippen LogP contribution is 2.25. The summed E-state index contributed by atoms with van der Waals surface area (Å²) < 4.78 is 5.74. The Balaban J connectivity index is 1.89. The van der Waals surface area contributed by atoms with Crippen LogP contribution in [-0.2, 0) is 11.3 Å². The molecule has 6 heteroatoms. The van der Waals surface area contributed by atoms with E-state index in [1.54, 1.807) is 11.3 Å². The van der Waals surface area contributed by atoms with Crippen molar-refractivity contribution in [3.63, 3.8) is 0 Å². The molecule has 21 heavy (non-hydrogen) atoms. The van der Waals surface area contributed by atoms with Gasteiger partial charge in [0.2, 0.25) is 0 Å². The Morgan fingerprint density at radius 2 is 2.00 bits per heavy atom. The number of ether oxygens (including phenoxy) is 1. The fourth-order valence-electron chi connectivity index (χ4n) is 3.00. The van der Waals surface area contributed by atoms with E-state index in [4.69, 9.17) is 4.74 Å². The molecule has 0 aliphatic carbocycles. The van der Waals surface area contributed by atoms with Gasteiger partial charge in [-0.25, -0.2) is 4.98 Å². The van der Waals surface area contributed by atoms with Gasteiger partial charge in [0, 0.05) is 18.0 Å². The van der Waals surface area contributed by atoms with E-state index < -0.39 is 0 Å². The molecule has 114 valence electrons. The lowest BCUT2D eigenvalue weighted by Gasteiger charge is -2.34. The molecule has 3 heterocycles. The first-order valence-corrected chi connectivity index (χ1v) is 8.12. The van der Waals surface area contributed by atoms with Crippen LogP contribution >= 0.6 is 11.3 Å². The maximum absolute atomic E-state index is 12.3. The summed E-state index contributed by atoms with van der Waals surface area (Å²) in [6.45, 7) is 10.6. The van der Waals surface area contributed by atoms with Gasteiger partial charge >= 0.3 is 0 Å². The van der Waals surface area contributed by atoms with Gasteiger partial charge in [-0.3, -0.25) is 9.69 Å². The van der Waals surface area contributed by atoms with Crippen LogP contribution in [0.5, 0.6) is 0 Å². The zero-order valence-corrected chi connectivity index (χ0v) is 13.7. The van der Waals surface area contributed by atoms with Crippen molar-refractivity contribution in [2.24, 2.45) is 0 Å². The summed E-state index contributed by atoms with van der Waals surface area (Å²) in [7, 11) is 0. The highest BCUT2D eigenvalue weighted by molar-refractivity contribution is 7.18. The van der Waals surface area contributed by atoms with Gasteiger partial charge in [0.1, 0.15) is 10.7 Å². The van der Waals surface area contributed by atoms with E-state index in [0.29, 0.717) is 6.54 Å². The molecule has 1 aliphatic rings. The molecule has 3 rings (SSSR count). The van der Waals surface area contributed by atoms with Crippen LogP contribution in [0.15, 0.2) is 4.79 Å². The van der Waals surface area contributed by atoms with Crippen molar-refractivity contribution >= 4 is 21.6 Å². The monoisotopic (exact) mass is 307 g/mol. The highest BCUT2D eigenvalue weighted by Gasteiger charge is 2.23. The zero-order valence-electron chi connectivity index (χ0n) is 12.9.